The number of esters is 1. The number of ether oxygens (including phenoxy) is 4. The van der Waals surface area contributed by atoms with E-state index < -0.39 is 33.2 Å². The Morgan fingerprint density at radius 2 is 1.77 bits per heavy atom. The zero-order chi connectivity index (χ0) is 25.2. The quantitative estimate of drug-likeness (QED) is 0.482. The summed E-state index contributed by atoms with van der Waals surface area (Å²) in [4.78, 5) is 12.1. The highest BCUT2D eigenvalue weighted by Crippen LogP contribution is 2.39. The number of methoxy groups -OCH3 is 1. The first kappa shape index (κ1) is 24.6. The number of halogens is 3. The molecule has 35 heavy (non-hydrogen) atoms. The topological polar surface area (TPSA) is 100 Å². The molecule has 0 saturated carbocycles. The number of hydrogen-bond donors (Lipinski definition) is 1. The minimum Gasteiger partial charge on any atom is -0.494 e. The highest BCUT2D eigenvalue weighted by molar-refractivity contribution is 7.92. The van der Waals surface area contributed by atoms with E-state index >= 15 is 0 Å². The number of carbonyl (C=O) groups is 1. The van der Waals surface area contributed by atoms with Crippen LogP contribution in [0, 0.1) is 0 Å². The molecule has 0 atom stereocenters. The van der Waals surface area contributed by atoms with E-state index in [0.717, 1.165) is 6.07 Å². The van der Waals surface area contributed by atoms with Crippen LogP contribution in [0.1, 0.15) is 10.4 Å². The lowest BCUT2D eigenvalue weighted by Crippen LogP contribution is -2.17. The lowest BCUT2D eigenvalue weighted by molar-refractivity contribution is -0.0493. The van der Waals surface area contributed by atoms with Crippen molar-refractivity contribution in [1.29, 1.82) is 0 Å². The Labute approximate surface area is 204 Å². The second kappa shape index (κ2) is 9.96. The maximum Gasteiger partial charge on any atom is 0.387 e. The molecule has 4 bridgehead atoms. The van der Waals surface area contributed by atoms with Crippen molar-refractivity contribution in [2.75, 3.05) is 25.0 Å². The van der Waals surface area contributed by atoms with Crippen LogP contribution in [0.25, 0.3) is 11.1 Å². The fraction of sp³-hybridized carbons (Fsp3) is 0.174. The van der Waals surface area contributed by atoms with E-state index in [1.165, 1.54) is 31.4 Å². The molecule has 0 fully saturated rings. The van der Waals surface area contributed by atoms with Crippen LogP contribution < -0.4 is 18.9 Å². The van der Waals surface area contributed by atoms with E-state index in [4.69, 9.17) is 25.8 Å². The molecule has 4 rings (SSSR count). The van der Waals surface area contributed by atoms with Gasteiger partial charge in [-0.2, -0.15) is 8.78 Å². The monoisotopic (exact) mass is 525 g/mol. The predicted octanol–water partition coefficient (Wildman–Crippen LogP) is 4.97. The van der Waals surface area contributed by atoms with E-state index in [0.29, 0.717) is 16.9 Å². The summed E-state index contributed by atoms with van der Waals surface area (Å²) in [5, 5.41) is -0.173. The Hall–Kier alpha value is -3.57. The zero-order valence-electron chi connectivity index (χ0n) is 18.1. The van der Waals surface area contributed by atoms with Crippen molar-refractivity contribution in [3.8, 4) is 28.4 Å². The van der Waals surface area contributed by atoms with Crippen LogP contribution in [0.3, 0.4) is 0 Å². The van der Waals surface area contributed by atoms with Crippen LogP contribution >= 0.6 is 11.6 Å². The zero-order valence-corrected chi connectivity index (χ0v) is 19.7. The van der Waals surface area contributed by atoms with Crippen LogP contribution in [0.5, 0.6) is 17.2 Å². The van der Waals surface area contributed by atoms with E-state index in [9.17, 15) is 22.0 Å². The molecule has 8 nitrogen and oxygen atoms in total. The van der Waals surface area contributed by atoms with Gasteiger partial charge in [-0.25, -0.2) is 13.2 Å². The number of sulfonamides is 1. The largest absolute Gasteiger partial charge is 0.494 e. The summed E-state index contributed by atoms with van der Waals surface area (Å²) in [5.74, 6) is -1.11. The van der Waals surface area contributed by atoms with E-state index in [2.05, 4.69) is 9.46 Å². The molecule has 1 heterocycles. The summed E-state index contributed by atoms with van der Waals surface area (Å²) >= 11 is 6.17. The molecule has 0 amide bonds. The molecule has 0 spiro atoms. The summed E-state index contributed by atoms with van der Waals surface area (Å²) in [6, 6.07) is 13.0. The van der Waals surface area contributed by atoms with Crippen LogP contribution in [-0.4, -0.2) is 41.3 Å². The van der Waals surface area contributed by atoms with E-state index in [1.807, 2.05) is 0 Å². The first-order valence-corrected chi connectivity index (χ1v) is 11.9. The molecule has 12 heteroatoms. The van der Waals surface area contributed by atoms with Gasteiger partial charge in [0.1, 0.15) is 29.6 Å². The van der Waals surface area contributed by atoms with Gasteiger partial charge in [-0.15, -0.1) is 0 Å². The van der Waals surface area contributed by atoms with Crippen molar-refractivity contribution < 1.29 is 40.9 Å². The number of benzene rings is 3. The summed E-state index contributed by atoms with van der Waals surface area (Å²) in [7, 11) is -3.33. The Bertz CT molecular complexity index is 1380. The summed E-state index contributed by atoms with van der Waals surface area (Å²) in [6.45, 7) is -3.35. The third-order valence-electron chi connectivity index (χ3n) is 4.95. The van der Waals surface area contributed by atoms with E-state index in [-0.39, 0.29) is 35.2 Å². The second-order valence-electron chi connectivity index (χ2n) is 7.16. The van der Waals surface area contributed by atoms with Crippen molar-refractivity contribution in [1.82, 2.24) is 0 Å². The van der Waals surface area contributed by atoms with Gasteiger partial charge in [0.2, 0.25) is 0 Å². The molecular formula is C23H18ClF2NO7S. The number of anilines is 1. The maximum atomic E-state index is 13.4. The van der Waals surface area contributed by atoms with Gasteiger partial charge in [-0.3, -0.25) is 4.72 Å². The number of hydrogen-bond acceptors (Lipinski definition) is 7. The number of alkyl halides is 2. The third-order valence-corrected chi connectivity index (χ3v) is 6.60. The fourth-order valence-electron chi connectivity index (χ4n) is 3.46. The van der Waals surface area contributed by atoms with Crippen LogP contribution in [0.2, 0.25) is 5.02 Å². The number of rotatable bonds is 3. The minimum atomic E-state index is -4.52. The van der Waals surface area contributed by atoms with Gasteiger partial charge in [0.05, 0.1) is 23.4 Å². The van der Waals surface area contributed by atoms with Gasteiger partial charge in [-0.05, 0) is 35.9 Å². The molecule has 0 aromatic heterocycles. The van der Waals surface area contributed by atoms with Crippen molar-refractivity contribution in [2.24, 2.45) is 0 Å². The third kappa shape index (κ3) is 5.25. The molecule has 0 radical (unpaired) electrons. The van der Waals surface area contributed by atoms with Gasteiger partial charge in [0, 0.05) is 5.56 Å². The highest BCUT2D eigenvalue weighted by atomic mass is 35.5. The second-order valence-corrected chi connectivity index (χ2v) is 9.22. The smallest absolute Gasteiger partial charge is 0.387 e. The Morgan fingerprint density at radius 3 is 2.51 bits per heavy atom. The Balaban J connectivity index is 1.93. The lowest BCUT2D eigenvalue weighted by atomic mass is 10.0. The molecule has 3 aromatic rings. The van der Waals surface area contributed by atoms with Gasteiger partial charge in [0.15, 0.2) is 5.75 Å². The average molecular weight is 526 g/mol. The summed E-state index contributed by atoms with van der Waals surface area (Å²) < 4.78 is 75.7. The number of fused-ring (bicyclic) bond motifs is 6. The number of cyclic esters (lactones) is 1. The standard InChI is InChI=1S/C23H18ClF2NO7S/c1-31-21-16(24)10-14-12-20(21)35(29,30)27-17-11-13(6-7-19(17)34-23(25)26)15-4-2-3-5-18(15)32-8-9-33-22(14)28/h2-7,10-12,23,27H,8-9H2,1H3. The van der Waals surface area contributed by atoms with Gasteiger partial charge in [0.25, 0.3) is 10.0 Å². The highest BCUT2D eigenvalue weighted by Gasteiger charge is 2.27. The van der Waals surface area contributed by atoms with Gasteiger partial charge in [-0.1, -0.05) is 35.9 Å². The van der Waals surface area contributed by atoms with Crippen LogP contribution in [0.4, 0.5) is 14.5 Å². The molecule has 3 aromatic carbocycles. The molecule has 0 unspecified atom stereocenters. The summed E-state index contributed by atoms with van der Waals surface area (Å²) in [6.07, 6.45) is 0. The van der Waals surface area contributed by atoms with Crippen molar-refractivity contribution in [3.05, 3.63) is 65.2 Å². The number of nitrogens with one attached hydrogen (secondary N) is 1. The van der Waals surface area contributed by atoms with Crippen molar-refractivity contribution in [2.45, 2.75) is 11.5 Å². The molecule has 1 aliphatic rings. The lowest BCUT2D eigenvalue weighted by Gasteiger charge is -2.17. The SMILES string of the molecule is COc1c(Cl)cc2cc1S(=O)(=O)Nc1cc(ccc1OC(F)F)-c1ccccc1OCCOC2=O. The average Bonchev–Trinajstić information content (AvgIpc) is 2.81. The normalized spacial score (nSPS) is 14.9. The Kier molecular flexibility index (Phi) is 6.99. The summed E-state index contributed by atoms with van der Waals surface area (Å²) in [5.41, 5.74) is 0.548. The first-order valence-electron chi connectivity index (χ1n) is 10.1. The molecule has 1 aliphatic heterocycles. The van der Waals surface area contributed by atoms with Crippen molar-refractivity contribution >= 4 is 33.3 Å². The van der Waals surface area contributed by atoms with Crippen LogP contribution in [0.15, 0.2) is 59.5 Å². The predicted molar refractivity (Wildman–Crippen MR) is 123 cm³/mol. The van der Waals surface area contributed by atoms with Gasteiger partial charge < -0.3 is 18.9 Å². The Morgan fingerprint density at radius 1 is 1.03 bits per heavy atom. The number of carbonyl (C=O) groups excluding carboxylic acids is 1. The minimum absolute atomic E-state index is 0.00448. The number of para-hydroxylation sites is 1. The first-order chi connectivity index (χ1) is 16.7. The van der Waals surface area contributed by atoms with Crippen molar-refractivity contribution in [3.63, 3.8) is 0 Å². The maximum absolute atomic E-state index is 13.4. The molecule has 184 valence electrons. The molecule has 0 aliphatic carbocycles. The van der Waals surface area contributed by atoms with Gasteiger partial charge >= 0.3 is 12.6 Å². The molecular weight excluding hydrogens is 508 g/mol. The van der Waals surface area contributed by atoms with Crippen LogP contribution in [-0.2, 0) is 14.8 Å². The molecule has 0 saturated heterocycles. The fourth-order valence-corrected chi connectivity index (χ4v) is 5.09. The molecule has 1 N–H and O–H groups in total. The van der Waals surface area contributed by atoms with E-state index in [1.54, 1.807) is 24.3 Å².